The summed E-state index contributed by atoms with van der Waals surface area (Å²) < 4.78 is 5.87. The van der Waals surface area contributed by atoms with Crippen molar-refractivity contribution < 1.29 is 9.53 Å². The Morgan fingerprint density at radius 3 is 2.89 bits per heavy atom. The lowest BCUT2D eigenvalue weighted by Gasteiger charge is -2.34. The number of hydrogen-bond donors (Lipinski definition) is 0. The summed E-state index contributed by atoms with van der Waals surface area (Å²) >= 11 is 0. The summed E-state index contributed by atoms with van der Waals surface area (Å²) in [5, 5.41) is 0. The third-order valence-corrected chi connectivity index (χ3v) is 3.34. The van der Waals surface area contributed by atoms with Gasteiger partial charge in [-0.25, -0.2) is 0 Å². The van der Waals surface area contributed by atoms with E-state index in [-0.39, 0.29) is 12.0 Å². The number of fused-ring (bicyclic) bond motifs is 1. The Kier molecular flexibility index (Phi) is 4.24. The monoisotopic (exact) mass is 247 g/mol. The molecule has 0 aromatic heterocycles. The molecule has 1 unspecified atom stereocenters. The fourth-order valence-electron chi connectivity index (χ4n) is 2.21. The quantitative estimate of drug-likeness (QED) is 0.816. The maximum Gasteiger partial charge on any atom is 0.227 e. The second-order valence-corrected chi connectivity index (χ2v) is 4.72. The van der Waals surface area contributed by atoms with Crippen LogP contribution in [0.5, 0.6) is 5.75 Å². The molecule has 0 spiro atoms. The molecule has 98 valence electrons. The number of nitrogens with zero attached hydrogens (tertiary/aromatic N) is 1. The molecule has 2 rings (SSSR count). The van der Waals surface area contributed by atoms with Crippen LogP contribution >= 0.6 is 0 Å². The van der Waals surface area contributed by atoms with Crippen LogP contribution in [0.3, 0.4) is 0 Å². The zero-order chi connectivity index (χ0) is 13.0. The molecule has 3 heteroatoms. The van der Waals surface area contributed by atoms with Crippen LogP contribution in [0.25, 0.3) is 0 Å². The van der Waals surface area contributed by atoms with Crippen molar-refractivity contribution in [1.29, 1.82) is 0 Å². The summed E-state index contributed by atoms with van der Waals surface area (Å²) in [4.78, 5) is 14.1. The molecule has 18 heavy (non-hydrogen) atoms. The van der Waals surface area contributed by atoms with Gasteiger partial charge in [-0.1, -0.05) is 32.4 Å². The number of carbonyl (C=O) groups excluding carboxylic acids is 1. The van der Waals surface area contributed by atoms with Gasteiger partial charge in [-0.15, -0.1) is 0 Å². The van der Waals surface area contributed by atoms with Gasteiger partial charge in [-0.2, -0.15) is 0 Å². The van der Waals surface area contributed by atoms with E-state index in [0.717, 1.165) is 30.7 Å². The Morgan fingerprint density at radius 2 is 2.17 bits per heavy atom. The van der Waals surface area contributed by atoms with E-state index >= 15 is 0 Å². The van der Waals surface area contributed by atoms with Gasteiger partial charge in [0, 0.05) is 6.42 Å². The second-order valence-electron chi connectivity index (χ2n) is 4.72. The molecule has 3 nitrogen and oxygen atoms in total. The normalized spacial score (nSPS) is 18.1. The lowest BCUT2D eigenvalue weighted by atomic mass is 10.1. The predicted octanol–water partition coefficient (Wildman–Crippen LogP) is 3.38. The summed E-state index contributed by atoms with van der Waals surface area (Å²) in [6.07, 6.45) is 3.67. The topological polar surface area (TPSA) is 29.5 Å². The van der Waals surface area contributed by atoms with Gasteiger partial charge < -0.3 is 9.64 Å². The summed E-state index contributed by atoms with van der Waals surface area (Å²) in [7, 11) is 0. The number of anilines is 1. The van der Waals surface area contributed by atoms with Gasteiger partial charge in [0.15, 0.2) is 0 Å². The zero-order valence-electron chi connectivity index (χ0n) is 11.2. The Morgan fingerprint density at radius 1 is 1.39 bits per heavy atom. The van der Waals surface area contributed by atoms with Crippen LogP contribution in [0.2, 0.25) is 0 Å². The number of amides is 1. The summed E-state index contributed by atoms with van der Waals surface area (Å²) in [6, 6.07) is 7.81. The zero-order valence-corrected chi connectivity index (χ0v) is 11.2. The minimum absolute atomic E-state index is 0.116. The minimum atomic E-state index is 0.116. The standard InChI is InChI=1S/C15H21NO2/c1-3-5-10-15(17)16-11-12(4-2)18-14-9-7-6-8-13(14)16/h6-9,12H,3-5,10-11H2,1-2H3. The Labute approximate surface area is 109 Å². The molecule has 0 aliphatic carbocycles. The van der Waals surface area contributed by atoms with Crippen LogP contribution in [0, 0.1) is 0 Å². The molecule has 0 radical (unpaired) electrons. The van der Waals surface area contributed by atoms with Crippen molar-refractivity contribution in [1.82, 2.24) is 0 Å². The fraction of sp³-hybridized carbons (Fsp3) is 0.533. The van der Waals surface area contributed by atoms with Gasteiger partial charge >= 0.3 is 0 Å². The predicted molar refractivity (Wildman–Crippen MR) is 73.0 cm³/mol. The van der Waals surface area contributed by atoms with Crippen LogP contribution in [0.4, 0.5) is 5.69 Å². The van der Waals surface area contributed by atoms with Crippen LogP contribution in [0.1, 0.15) is 39.5 Å². The molecule has 0 N–H and O–H groups in total. The molecule has 1 atom stereocenters. The Balaban J connectivity index is 2.21. The Bertz CT molecular complexity index is 417. The van der Waals surface area contributed by atoms with E-state index < -0.39 is 0 Å². The largest absolute Gasteiger partial charge is 0.486 e. The number of hydrogen-bond acceptors (Lipinski definition) is 2. The van der Waals surface area contributed by atoms with E-state index in [2.05, 4.69) is 13.8 Å². The first-order valence-corrected chi connectivity index (χ1v) is 6.82. The average Bonchev–Trinajstić information content (AvgIpc) is 2.43. The van der Waals surface area contributed by atoms with Gasteiger partial charge in [0.25, 0.3) is 0 Å². The third-order valence-electron chi connectivity index (χ3n) is 3.34. The van der Waals surface area contributed by atoms with Crippen molar-refractivity contribution in [3.8, 4) is 5.75 Å². The van der Waals surface area contributed by atoms with Gasteiger partial charge in [0.05, 0.1) is 12.2 Å². The van der Waals surface area contributed by atoms with E-state index in [1.54, 1.807) is 0 Å². The lowest BCUT2D eigenvalue weighted by molar-refractivity contribution is -0.119. The van der Waals surface area contributed by atoms with Gasteiger partial charge in [0.1, 0.15) is 11.9 Å². The van der Waals surface area contributed by atoms with Gasteiger partial charge in [0.2, 0.25) is 5.91 Å². The van der Waals surface area contributed by atoms with Crippen LogP contribution in [-0.2, 0) is 4.79 Å². The highest BCUT2D eigenvalue weighted by molar-refractivity contribution is 5.95. The molecule has 1 amide bonds. The molecule has 0 bridgehead atoms. The van der Waals surface area contributed by atoms with E-state index in [1.807, 2.05) is 29.2 Å². The van der Waals surface area contributed by atoms with Crippen LogP contribution < -0.4 is 9.64 Å². The molecular weight excluding hydrogens is 226 g/mol. The first kappa shape index (κ1) is 12.9. The smallest absolute Gasteiger partial charge is 0.227 e. The highest BCUT2D eigenvalue weighted by Gasteiger charge is 2.27. The summed E-state index contributed by atoms with van der Waals surface area (Å²) in [5.41, 5.74) is 0.920. The summed E-state index contributed by atoms with van der Waals surface area (Å²) in [5.74, 6) is 1.05. The fourth-order valence-corrected chi connectivity index (χ4v) is 2.21. The van der Waals surface area contributed by atoms with E-state index in [1.165, 1.54) is 0 Å². The molecule has 0 fully saturated rings. The number of carbonyl (C=O) groups is 1. The first-order valence-electron chi connectivity index (χ1n) is 6.82. The SMILES string of the molecule is CCCCC(=O)N1CC(CC)Oc2ccccc21. The number of unbranched alkanes of at least 4 members (excludes halogenated alkanes) is 1. The molecular formula is C15H21NO2. The number of rotatable bonds is 4. The van der Waals surface area contributed by atoms with Crippen molar-refractivity contribution in [3.63, 3.8) is 0 Å². The highest BCUT2D eigenvalue weighted by Crippen LogP contribution is 2.34. The van der Waals surface area contributed by atoms with Crippen molar-refractivity contribution in [2.45, 2.75) is 45.6 Å². The average molecular weight is 247 g/mol. The van der Waals surface area contributed by atoms with Gasteiger partial charge in [-0.3, -0.25) is 4.79 Å². The summed E-state index contributed by atoms with van der Waals surface area (Å²) in [6.45, 7) is 4.87. The number of ether oxygens (including phenoxy) is 1. The molecule has 1 aliphatic heterocycles. The van der Waals surface area contributed by atoms with Crippen molar-refractivity contribution in [3.05, 3.63) is 24.3 Å². The van der Waals surface area contributed by atoms with E-state index in [0.29, 0.717) is 13.0 Å². The molecule has 1 heterocycles. The van der Waals surface area contributed by atoms with Gasteiger partial charge in [-0.05, 0) is 25.0 Å². The Hall–Kier alpha value is -1.51. The molecule has 0 saturated heterocycles. The molecule has 0 saturated carbocycles. The number of para-hydroxylation sites is 2. The highest BCUT2D eigenvalue weighted by atomic mass is 16.5. The van der Waals surface area contributed by atoms with Crippen LogP contribution in [0.15, 0.2) is 24.3 Å². The van der Waals surface area contributed by atoms with Crippen molar-refractivity contribution >= 4 is 11.6 Å². The van der Waals surface area contributed by atoms with Crippen LogP contribution in [-0.4, -0.2) is 18.6 Å². The van der Waals surface area contributed by atoms with E-state index in [4.69, 9.17) is 4.74 Å². The van der Waals surface area contributed by atoms with Crippen molar-refractivity contribution in [2.75, 3.05) is 11.4 Å². The third kappa shape index (κ3) is 2.66. The van der Waals surface area contributed by atoms with Crippen molar-refractivity contribution in [2.24, 2.45) is 0 Å². The molecule has 1 aromatic rings. The maximum absolute atomic E-state index is 12.3. The minimum Gasteiger partial charge on any atom is -0.486 e. The first-order chi connectivity index (χ1) is 8.76. The van der Waals surface area contributed by atoms with E-state index in [9.17, 15) is 4.79 Å². The molecule has 1 aromatic carbocycles. The number of benzene rings is 1. The second kappa shape index (κ2) is 5.89. The molecule has 1 aliphatic rings. The maximum atomic E-state index is 12.3. The lowest BCUT2D eigenvalue weighted by Crippen LogP contribution is -2.43.